The largest absolute Gasteiger partial charge is 0.468 e. The quantitative estimate of drug-likeness (QED) is 0.159. The smallest absolute Gasteiger partial charge is 0.419 e. The van der Waals surface area contributed by atoms with Gasteiger partial charge in [0.1, 0.15) is 23.3 Å². The molecule has 2 heterocycles. The lowest BCUT2D eigenvalue weighted by atomic mass is 9.94. The molecule has 2 rings (SSSR count). The molecule has 11 heteroatoms. The Labute approximate surface area is 232 Å². The van der Waals surface area contributed by atoms with Crippen molar-refractivity contribution in [2.75, 3.05) is 13.7 Å². The van der Waals surface area contributed by atoms with Crippen LogP contribution in [0, 0.1) is 5.92 Å². The first-order valence-corrected chi connectivity index (χ1v) is 13.1. The average Bonchev–Trinajstić information content (AvgIpc) is 3.29. The zero-order valence-corrected chi connectivity index (χ0v) is 24.9. The van der Waals surface area contributed by atoms with Crippen molar-refractivity contribution in [1.29, 1.82) is 0 Å². The minimum Gasteiger partial charge on any atom is -0.468 e. The molecule has 0 spiro atoms. The van der Waals surface area contributed by atoms with Crippen molar-refractivity contribution in [3.63, 3.8) is 0 Å². The Morgan fingerprint density at radius 2 is 1.62 bits per heavy atom. The van der Waals surface area contributed by atoms with Crippen LogP contribution in [-0.4, -0.2) is 62.4 Å². The number of aromatic nitrogens is 3. The predicted octanol–water partition coefficient (Wildman–Crippen LogP) is 5.66. The zero-order chi connectivity index (χ0) is 28.0. The molecule has 2 aromatic heterocycles. The standard InChI is InChI=1S/C26H37IN4O6/c1-18(15-31(22(33)36-24(2,3)4)23(34)37-25(5,6)7)12-13-26(27,21(32)35-8)19-16-30(17-29-19)20-11-9-10-14-28-20/h9-11,14,16-18H,12-13,15H2,1-8H3/t18-,26+/m1/s1. The Morgan fingerprint density at radius 3 is 2.11 bits per heavy atom. The summed E-state index contributed by atoms with van der Waals surface area (Å²) < 4.78 is 16.7. The molecule has 0 unspecified atom stereocenters. The highest BCUT2D eigenvalue weighted by Gasteiger charge is 2.41. The molecule has 0 aliphatic heterocycles. The van der Waals surface area contributed by atoms with E-state index in [4.69, 9.17) is 14.2 Å². The van der Waals surface area contributed by atoms with E-state index in [2.05, 4.69) is 32.6 Å². The first kappa shape index (κ1) is 30.5. The van der Waals surface area contributed by atoms with Gasteiger partial charge in [0.05, 0.1) is 12.8 Å². The van der Waals surface area contributed by atoms with Crippen molar-refractivity contribution < 1.29 is 28.6 Å². The van der Waals surface area contributed by atoms with Crippen LogP contribution < -0.4 is 0 Å². The van der Waals surface area contributed by atoms with Gasteiger partial charge in [0.25, 0.3) is 0 Å². The SMILES string of the molecule is COC(=O)[C@](I)(CC[C@@H](C)CN(C(=O)OC(C)(C)C)C(=O)OC(C)(C)C)c1cn(-c2ccccn2)cn1. The lowest BCUT2D eigenvalue weighted by Gasteiger charge is -2.30. The first-order valence-electron chi connectivity index (χ1n) is 12.0. The number of imide groups is 1. The summed E-state index contributed by atoms with van der Waals surface area (Å²) in [6.07, 6.45) is 4.31. The van der Waals surface area contributed by atoms with E-state index in [1.54, 1.807) is 64.8 Å². The lowest BCUT2D eigenvalue weighted by Crippen LogP contribution is -2.45. The van der Waals surface area contributed by atoms with Crippen molar-refractivity contribution in [3.05, 3.63) is 42.6 Å². The first-order chi connectivity index (χ1) is 17.1. The predicted molar refractivity (Wildman–Crippen MR) is 147 cm³/mol. The minimum atomic E-state index is -1.08. The van der Waals surface area contributed by atoms with Gasteiger partial charge in [-0.15, -0.1) is 0 Å². The highest BCUT2D eigenvalue weighted by molar-refractivity contribution is 14.1. The van der Waals surface area contributed by atoms with Crippen LogP contribution in [0.15, 0.2) is 36.9 Å². The Morgan fingerprint density at radius 1 is 1.03 bits per heavy atom. The number of amides is 2. The van der Waals surface area contributed by atoms with Crippen LogP contribution in [0.5, 0.6) is 0 Å². The van der Waals surface area contributed by atoms with Crippen molar-refractivity contribution in [2.24, 2.45) is 5.92 Å². The molecule has 0 aliphatic carbocycles. The topological polar surface area (TPSA) is 113 Å². The van der Waals surface area contributed by atoms with Crippen LogP contribution >= 0.6 is 22.6 Å². The van der Waals surface area contributed by atoms with Gasteiger partial charge < -0.3 is 14.2 Å². The second kappa shape index (κ2) is 12.2. The molecular weight excluding hydrogens is 591 g/mol. The number of hydrogen-bond donors (Lipinski definition) is 0. The number of imidazole rings is 1. The van der Waals surface area contributed by atoms with Gasteiger partial charge in [0.2, 0.25) is 0 Å². The Balaban J connectivity index is 2.21. The van der Waals surface area contributed by atoms with E-state index in [9.17, 15) is 14.4 Å². The Kier molecular flexibility index (Phi) is 10.1. The van der Waals surface area contributed by atoms with Crippen molar-refractivity contribution in [2.45, 2.75) is 75.9 Å². The van der Waals surface area contributed by atoms with Gasteiger partial charge in [-0.1, -0.05) is 35.6 Å². The molecule has 37 heavy (non-hydrogen) atoms. The summed E-state index contributed by atoms with van der Waals surface area (Å²) in [5, 5.41) is 0. The number of esters is 1. The van der Waals surface area contributed by atoms with E-state index in [1.807, 2.05) is 25.1 Å². The van der Waals surface area contributed by atoms with Gasteiger partial charge >= 0.3 is 18.2 Å². The summed E-state index contributed by atoms with van der Waals surface area (Å²) in [5.74, 6) is 0.0445. The molecule has 0 saturated carbocycles. The fourth-order valence-electron chi connectivity index (χ4n) is 3.36. The normalized spacial score (nSPS) is 14.3. The number of alkyl halides is 1. The summed E-state index contributed by atoms with van der Waals surface area (Å²) in [5.41, 5.74) is -1.04. The van der Waals surface area contributed by atoms with Crippen molar-refractivity contribution in [3.8, 4) is 5.82 Å². The summed E-state index contributed by atoms with van der Waals surface area (Å²) in [6, 6.07) is 5.52. The number of rotatable bonds is 8. The van der Waals surface area contributed by atoms with Crippen LogP contribution in [0.2, 0.25) is 0 Å². The third-order valence-electron chi connectivity index (χ3n) is 5.12. The highest BCUT2D eigenvalue weighted by atomic mass is 127. The fraction of sp³-hybridized carbons (Fsp3) is 0.577. The zero-order valence-electron chi connectivity index (χ0n) is 22.8. The molecule has 0 fully saturated rings. The molecule has 204 valence electrons. The number of carbonyl (C=O) groups is 3. The van der Waals surface area contributed by atoms with E-state index in [-0.39, 0.29) is 12.5 Å². The van der Waals surface area contributed by atoms with E-state index in [1.165, 1.54) is 7.11 Å². The van der Waals surface area contributed by atoms with Crippen LogP contribution in [0.4, 0.5) is 9.59 Å². The summed E-state index contributed by atoms with van der Waals surface area (Å²) in [6.45, 7) is 12.3. The molecule has 2 amide bonds. The molecule has 2 atom stereocenters. The van der Waals surface area contributed by atoms with Crippen molar-refractivity contribution >= 4 is 40.7 Å². The maximum absolute atomic E-state index is 12.9. The van der Waals surface area contributed by atoms with E-state index < -0.39 is 32.8 Å². The number of hydrogen-bond acceptors (Lipinski definition) is 8. The van der Waals surface area contributed by atoms with Gasteiger partial charge in [-0.3, -0.25) is 9.36 Å². The second-order valence-corrected chi connectivity index (χ2v) is 12.7. The van der Waals surface area contributed by atoms with Gasteiger partial charge in [-0.05, 0) is 72.4 Å². The van der Waals surface area contributed by atoms with Crippen molar-refractivity contribution in [1.82, 2.24) is 19.4 Å². The van der Waals surface area contributed by atoms with E-state index >= 15 is 0 Å². The number of ether oxygens (including phenoxy) is 3. The number of nitrogens with zero attached hydrogens (tertiary/aromatic N) is 4. The molecule has 10 nitrogen and oxygen atoms in total. The number of methoxy groups -OCH3 is 1. The molecule has 0 aliphatic rings. The third-order valence-corrected chi connectivity index (χ3v) is 6.65. The van der Waals surface area contributed by atoms with Gasteiger partial charge in [-0.25, -0.2) is 24.5 Å². The van der Waals surface area contributed by atoms with Gasteiger partial charge in [-0.2, -0.15) is 0 Å². The second-order valence-electron chi connectivity index (χ2n) is 10.9. The summed E-state index contributed by atoms with van der Waals surface area (Å²) in [7, 11) is 1.33. The van der Waals surface area contributed by atoms with E-state index in [0.717, 1.165) is 4.90 Å². The van der Waals surface area contributed by atoms with Crippen LogP contribution in [0.1, 0.15) is 67.0 Å². The molecular formula is C26H37IN4O6. The Bertz CT molecular complexity index is 1050. The minimum absolute atomic E-state index is 0.0556. The monoisotopic (exact) mass is 628 g/mol. The fourth-order valence-corrected chi connectivity index (χ4v) is 4.17. The molecule has 0 radical (unpaired) electrons. The maximum atomic E-state index is 12.9. The average molecular weight is 629 g/mol. The molecule has 2 aromatic rings. The molecule has 0 N–H and O–H groups in total. The number of halogens is 1. The maximum Gasteiger partial charge on any atom is 0.419 e. The summed E-state index contributed by atoms with van der Waals surface area (Å²) in [4.78, 5) is 48.3. The third kappa shape index (κ3) is 8.97. The summed E-state index contributed by atoms with van der Waals surface area (Å²) >= 11 is 2.06. The molecule has 0 aromatic carbocycles. The number of carbonyl (C=O) groups excluding carboxylic acids is 3. The van der Waals surface area contributed by atoms with Gasteiger partial charge in [0.15, 0.2) is 3.42 Å². The van der Waals surface area contributed by atoms with Crippen LogP contribution in [-0.2, 0) is 22.4 Å². The highest BCUT2D eigenvalue weighted by Crippen LogP contribution is 2.38. The van der Waals surface area contributed by atoms with Gasteiger partial charge in [0, 0.05) is 18.9 Å². The Hall–Kier alpha value is -2.70. The molecule has 0 bridgehead atoms. The van der Waals surface area contributed by atoms with Crippen LogP contribution in [0.25, 0.3) is 5.82 Å². The van der Waals surface area contributed by atoms with E-state index in [0.29, 0.717) is 24.4 Å². The lowest BCUT2D eigenvalue weighted by molar-refractivity contribution is -0.143. The van der Waals surface area contributed by atoms with Crippen LogP contribution in [0.3, 0.4) is 0 Å². The number of pyridine rings is 1. The molecule has 0 saturated heterocycles.